The van der Waals surface area contributed by atoms with Crippen molar-refractivity contribution >= 4 is 34.3 Å². The van der Waals surface area contributed by atoms with Crippen molar-refractivity contribution in [2.75, 3.05) is 12.1 Å². The molecule has 0 radical (unpaired) electrons. The third-order valence-corrected chi connectivity index (χ3v) is 3.75. The lowest BCUT2D eigenvalue weighted by Crippen LogP contribution is -2.18. The molecule has 0 atom stereocenters. The molecule has 8 nitrogen and oxygen atoms in total. The highest BCUT2D eigenvalue weighted by Crippen LogP contribution is 2.35. The Morgan fingerprint density at radius 2 is 2.04 bits per heavy atom. The Hall–Kier alpha value is -3.55. The van der Waals surface area contributed by atoms with Crippen LogP contribution < -0.4 is 15.5 Å². The zero-order chi connectivity index (χ0) is 17.8. The van der Waals surface area contributed by atoms with Crippen LogP contribution in [-0.4, -0.2) is 34.6 Å². The molecule has 3 aromatic rings. The van der Waals surface area contributed by atoms with E-state index < -0.39 is 0 Å². The van der Waals surface area contributed by atoms with Crippen molar-refractivity contribution in [2.24, 2.45) is 16.0 Å². The second-order valence-corrected chi connectivity index (χ2v) is 5.34. The van der Waals surface area contributed by atoms with Gasteiger partial charge >= 0.3 is 0 Å². The number of benzene rings is 2. The molecule has 128 valence electrons. The van der Waals surface area contributed by atoms with Crippen molar-refractivity contribution in [2.45, 2.75) is 6.92 Å². The first kappa shape index (κ1) is 16.3. The van der Waals surface area contributed by atoms with E-state index in [1.54, 1.807) is 18.3 Å². The molecule has 0 amide bonds. The van der Waals surface area contributed by atoms with Crippen LogP contribution in [-0.2, 0) is 0 Å². The van der Waals surface area contributed by atoms with Crippen LogP contribution in [0.2, 0.25) is 0 Å². The van der Waals surface area contributed by atoms with Gasteiger partial charge in [-0.05, 0) is 42.8 Å². The predicted molar refractivity (Wildman–Crippen MR) is 97.9 cm³/mol. The normalized spacial score (nSPS) is 12.0. The number of anilines is 2. The molecule has 0 aliphatic rings. The number of methoxy groups -OCH3 is 1. The number of H-pyrrole nitrogens is 1. The van der Waals surface area contributed by atoms with Crippen LogP contribution in [0.5, 0.6) is 5.75 Å². The highest BCUT2D eigenvalue weighted by Gasteiger charge is 2.16. The molecular formula is C17H18N6O2. The van der Waals surface area contributed by atoms with Crippen molar-refractivity contribution in [1.29, 1.82) is 0 Å². The molecule has 4 N–H and O–H groups in total. The summed E-state index contributed by atoms with van der Waals surface area (Å²) in [6.45, 7) is 1.98. The monoisotopic (exact) mass is 338 g/mol. The Morgan fingerprint density at radius 3 is 2.72 bits per heavy atom. The van der Waals surface area contributed by atoms with E-state index in [2.05, 4.69) is 20.5 Å². The second kappa shape index (κ2) is 6.91. The summed E-state index contributed by atoms with van der Waals surface area (Å²) in [6, 6.07) is 11.4. The van der Waals surface area contributed by atoms with E-state index in [0.717, 1.165) is 33.6 Å². The molecule has 0 saturated carbocycles. The molecule has 25 heavy (non-hydrogen) atoms. The van der Waals surface area contributed by atoms with E-state index in [9.17, 15) is 0 Å². The molecule has 2 aromatic carbocycles. The van der Waals surface area contributed by atoms with Gasteiger partial charge in [-0.3, -0.25) is 5.10 Å². The highest BCUT2D eigenvalue weighted by atomic mass is 16.5. The largest absolute Gasteiger partial charge is 0.497 e. The Kier molecular flexibility index (Phi) is 4.51. The summed E-state index contributed by atoms with van der Waals surface area (Å²) >= 11 is 0. The number of ether oxygens (including phenoxy) is 1. The van der Waals surface area contributed by atoms with E-state index in [0.29, 0.717) is 0 Å². The van der Waals surface area contributed by atoms with Gasteiger partial charge in [-0.15, -0.1) is 0 Å². The van der Waals surface area contributed by atoms with Crippen LogP contribution in [0.25, 0.3) is 10.9 Å². The number of hydrogen-bond donors (Lipinski definition) is 3. The number of hydrazone groups is 1. The lowest BCUT2D eigenvalue weighted by molar-refractivity contribution is 0.319. The molecule has 0 aliphatic heterocycles. The SMILES string of the molecule is COc1ccc(N(/N=C/C(N)=N/O)c2c(C)ccc3[nH]ncc23)cc1. The van der Waals surface area contributed by atoms with Gasteiger partial charge in [0.05, 0.1) is 36.4 Å². The van der Waals surface area contributed by atoms with Gasteiger partial charge in [0, 0.05) is 5.39 Å². The average Bonchev–Trinajstić information content (AvgIpc) is 3.12. The standard InChI is InChI=1S/C17H18N6O2/c1-11-3-8-15-14(9-19-21-15)17(11)23(20-10-16(18)22-24)12-4-6-13(25-2)7-5-12/h3-10,24H,1-2H3,(H2,18,22)(H,19,21)/b20-10+. The lowest BCUT2D eigenvalue weighted by Gasteiger charge is -2.22. The van der Waals surface area contributed by atoms with Crippen molar-refractivity contribution in [3.8, 4) is 5.75 Å². The molecule has 1 heterocycles. The summed E-state index contributed by atoms with van der Waals surface area (Å²) in [5, 5.41) is 25.8. The predicted octanol–water partition coefficient (Wildman–Crippen LogP) is 2.75. The van der Waals surface area contributed by atoms with Crippen molar-refractivity contribution in [1.82, 2.24) is 10.2 Å². The molecule has 3 rings (SSSR count). The van der Waals surface area contributed by atoms with Crippen LogP contribution in [0.1, 0.15) is 5.56 Å². The van der Waals surface area contributed by atoms with Gasteiger partial charge in [0.2, 0.25) is 0 Å². The summed E-state index contributed by atoms with van der Waals surface area (Å²) < 4.78 is 5.21. The number of nitrogens with zero attached hydrogens (tertiary/aromatic N) is 4. The number of rotatable bonds is 5. The number of aromatic nitrogens is 2. The maximum atomic E-state index is 8.77. The number of aryl methyl sites for hydroxylation is 1. The first-order chi connectivity index (χ1) is 12.1. The molecule has 1 aromatic heterocycles. The summed E-state index contributed by atoms with van der Waals surface area (Å²) in [4.78, 5) is 0. The van der Waals surface area contributed by atoms with E-state index in [1.165, 1.54) is 6.21 Å². The third kappa shape index (κ3) is 3.23. The van der Waals surface area contributed by atoms with Gasteiger partial charge < -0.3 is 15.7 Å². The fraction of sp³-hybridized carbons (Fsp3) is 0.118. The number of oxime groups is 1. The first-order valence-electron chi connectivity index (χ1n) is 7.52. The number of fused-ring (bicyclic) bond motifs is 1. The number of nitrogens with one attached hydrogen (secondary N) is 1. The van der Waals surface area contributed by atoms with Gasteiger partial charge in [-0.25, -0.2) is 5.01 Å². The molecule has 8 heteroatoms. The Labute approximate surface area is 144 Å². The molecule has 0 unspecified atom stereocenters. The van der Waals surface area contributed by atoms with Crippen molar-refractivity contribution in [3.05, 3.63) is 48.2 Å². The number of hydrogen-bond acceptors (Lipinski definition) is 6. The van der Waals surface area contributed by atoms with Crippen LogP contribution in [0.15, 0.2) is 52.9 Å². The van der Waals surface area contributed by atoms with E-state index in [1.807, 2.05) is 43.3 Å². The minimum Gasteiger partial charge on any atom is -0.497 e. The van der Waals surface area contributed by atoms with E-state index in [4.69, 9.17) is 15.7 Å². The van der Waals surface area contributed by atoms with Crippen molar-refractivity contribution in [3.63, 3.8) is 0 Å². The summed E-state index contributed by atoms with van der Waals surface area (Å²) in [7, 11) is 1.61. The topological polar surface area (TPSA) is 112 Å². The van der Waals surface area contributed by atoms with Crippen LogP contribution in [0.3, 0.4) is 0 Å². The zero-order valence-corrected chi connectivity index (χ0v) is 13.8. The van der Waals surface area contributed by atoms with Crippen LogP contribution in [0, 0.1) is 6.92 Å². The van der Waals surface area contributed by atoms with E-state index in [-0.39, 0.29) is 5.84 Å². The van der Waals surface area contributed by atoms with Gasteiger partial charge in [0.25, 0.3) is 0 Å². The smallest absolute Gasteiger partial charge is 0.183 e. The highest BCUT2D eigenvalue weighted by molar-refractivity contribution is 6.28. The minimum atomic E-state index is -0.101. The average molecular weight is 338 g/mol. The first-order valence-corrected chi connectivity index (χ1v) is 7.52. The van der Waals surface area contributed by atoms with Crippen molar-refractivity contribution < 1.29 is 9.94 Å². The Balaban J connectivity index is 2.17. The van der Waals surface area contributed by atoms with Gasteiger partial charge in [0.1, 0.15) is 5.75 Å². The van der Waals surface area contributed by atoms with Gasteiger partial charge in [-0.1, -0.05) is 11.2 Å². The summed E-state index contributed by atoms with van der Waals surface area (Å²) in [5.74, 6) is 0.637. The number of amidine groups is 1. The lowest BCUT2D eigenvalue weighted by atomic mass is 10.1. The van der Waals surface area contributed by atoms with Crippen LogP contribution >= 0.6 is 0 Å². The molecule has 0 spiro atoms. The van der Waals surface area contributed by atoms with Crippen LogP contribution in [0.4, 0.5) is 11.4 Å². The molecule has 0 saturated heterocycles. The molecule has 0 aliphatic carbocycles. The third-order valence-electron chi connectivity index (χ3n) is 3.75. The molecule has 0 fully saturated rings. The fourth-order valence-corrected chi connectivity index (χ4v) is 2.51. The number of aromatic amines is 1. The molecule has 0 bridgehead atoms. The molecular weight excluding hydrogens is 320 g/mol. The quantitative estimate of drug-likeness (QED) is 0.287. The van der Waals surface area contributed by atoms with Gasteiger partial charge in [-0.2, -0.15) is 10.2 Å². The fourth-order valence-electron chi connectivity index (χ4n) is 2.51. The second-order valence-electron chi connectivity index (χ2n) is 5.34. The Bertz CT molecular complexity index is 930. The van der Waals surface area contributed by atoms with Gasteiger partial charge in [0.15, 0.2) is 5.84 Å². The Morgan fingerprint density at radius 1 is 1.28 bits per heavy atom. The zero-order valence-electron chi connectivity index (χ0n) is 13.8. The summed E-state index contributed by atoms with van der Waals surface area (Å²) in [5.41, 5.74) is 9.06. The number of nitrogens with two attached hydrogens (primary N) is 1. The minimum absolute atomic E-state index is 0.101. The maximum Gasteiger partial charge on any atom is 0.183 e. The van der Waals surface area contributed by atoms with E-state index >= 15 is 0 Å². The maximum absolute atomic E-state index is 8.77. The summed E-state index contributed by atoms with van der Waals surface area (Å²) in [6.07, 6.45) is 3.02.